The molecule has 0 aliphatic rings. The molecule has 6 nitrogen and oxygen atoms in total. The lowest BCUT2D eigenvalue weighted by atomic mass is 10.0. The minimum absolute atomic E-state index is 0.0653. The van der Waals surface area contributed by atoms with Crippen LogP contribution in [0.5, 0.6) is 0 Å². The molecular weight excluding hydrogens is 540 g/mol. The smallest absolute Gasteiger partial charge is 0.339 e. The van der Waals surface area contributed by atoms with Crippen LogP contribution in [0.1, 0.15) is 194 Å². The monoisotopic (exact) mass is 602 g/mol. The lowest BCUT2D eigenvalue weighted by Crippen LogP contribution is -2.20. The van der Waals surface area contributed by atoms with Gasteiger partial charge in [-0.05, 0) is 43.9 Å². The number of carbonyl (C=O) groups is 3. The molecule has 0 saturated heterocycles. The van der Waals surface area contributed by atoms with E-state index >= 15 is 0 Å². The van der Waals surface area contributed by atoms with Crippen LogP contribution in [-0.4, -0.2) is 37.2 Å². The largest absolute Gasteiger partial charge is 0.462 e. The minimum Gasteiger partial charge on any atom is -0.462 e. The molecule has 43 heavy (non-hydrogen) atoms. The van der Waals surface area contributed by atoms with Crippen molar-refractivity contribution in [1.29, 1.82) is 0 Å². The lowest BCUT2D eigenvalue weighted by Gasteiger charge is -2.17. The normalized spacial score (nSPS) is 11.7. The van der Waals surface area contributed by atoms with Crippen molar-refractivity contribution in [3.8, 4) is 0 Å². The predicted molar refractivity (Wildman–Crippen MR) is 176 cm³/mol. The van der Waals surface area contributed by atoms with E-state index in [1.807, 2.05) is 0 Å². The molecule has 0 spiro atoms. The Morgan fingerprint density at radius 1 is 0.512 bits per heavy atom. The van der Waals surface area contributed by atoms with Gasteiger partial charge in [0.15, 0.2) is 0 Å². The highest BCUT2D eigenvalue weighted by Crippen LogP contribution is 2.20. The average molecular weight is 603 g/mol. The second kappa shape index (κ2) is 26.1. The topological polar surface area (TPSA) is 78.9 Å². The number of ether oxygens (including phenoxy) is 3. The summed E-state index contributed by atoms with van der Waals surface area (Å²) in [6.45, 7) is 9.20. The molecule has 1 unspecified atom stereocenters. The third-order valence-corrected chi connectivity index (χ3v) is 7.92. The fraction of sp³-hybridized carbons (Fsp3) is 0.757. The molecule has 0 N–H and O–H groups in total. The van der Waals surface area contributed by atoms with Gasteiger partial charge in [0.2, 0.25) is 0 Å². The highest BCUT2D eigenvalue weighted by Gasteiger charge is 2.23. The van der Waals surface area contributed by atoms with Gasteiger partial charge in [-0.1, -0.05) is 137 Å². The summed E-state index contributed by atoms with van der Waals surface area (Å²) in [5.74, 6) is -1.65. The summed E-state index contributed by atoms with van der Waals surface area (Å²) in [6.07, 6.45) is 22.7. The highest BCUT2D eigenvalue weighted by atomic mass is 16.5. The zero-order valence-electron chi connectivity index (χ0n) is 28.0. The summed E-state index contributed by atoms with van der Waals surface area (Å²) in [7, 11) is 0. The van der Waals surface area contributed by atoms with Crippen LogP contribution in [0.15, 0.2) is 18.2 Å². The minimum atomic E-state index is -0.604. The summed E-state index contributed by atoms with van der Waals surface area (Å²) in [5.41, 5.74) is 0.444. The second-order valence-corrected chi connectivity index (χ2v) is 11.9. The van der Waals surface area contributed by atoms with Crippen LogP contribution < -0.4 is 0 Å². The first-order valence-electron chi connectivity index (χ1n) is 17.7. The summed E-state index contributed by atoms with van der Waals surface area (Å²) in [4.78, 5) is 39.2. The highest BCUT2D eigenvalue weighted by molar-refractivity contribution is 6.05. The number of hydrogen-bond donors (Lipinski definition) is 0. The molecule has 0 heterocycles. The molecule has 0 aliphatic carbocycles. The first-order chi connectivity index (χ1) is 21.0. The van der Waals surface area contributed by atoms with E-state index in [2.05, 4.69) is 27.7 Å². The Bertz CT molecular complexity index is 880. The summed E-state index contributed by atoms with van der Waals surface area (Å²) < 4.78 is 16.9. The van der Waals surface area contributed by atoms with Crippen molar-refractivity contribution in [1.82, 2.24) is 0 Å². The summed E-state index contributed by atoms with van der Waals surface area (Å²) in [5, 5.41) is 0. The third-order valence-electron chi connectivity index (χ3n) is 7.92. The Balaban J connectivity index is 2.80. The van der Waals surface area contributed by atoms with Gasteiger partial charge >= 0.3 is 17.9 Å². The van der Waals surface area contributed by atoms with Gasteiger partial charge in [-0.3, -0.25) is 0 Å². The fourth-order valence-electron chi connectivity index (χ4n) is 5.21. The Hall–Kier alpha value is -2.37. The first kappa shape index (κ1) is 38.7. The maximum Gasteiger partial charge on any atom is 0.339 e. The first-order valence-corrected chi connectivity index (χ1v) is 17.7. The van der Waals surface area contributed by atoms with E-state index in [9.17, 15) is 14.4 Å². The molecule has 246 valence electrons. The van der Waals surface area contributed by atoms with Crippen molar-refractivity contribution in [2.45, 2.75) is 169 Å². The molecular formula is C37H62O6. The Morgan fingerprint density at radius 2 is 0.977 bits per heavy atom. The summed E-state index contributed by atoms with van der Waals surface area (Å²) >= 11 is 0. The summed E-state index contributed by atoms with van der Waals surface area (Å²) in [6, 6.07) is 4.49. The maximum absolute atomic E-state index is 13.2. The van der Waals surface area contributed by atoms with Crippen molar-refractivity contribution in [3.05, 3.63) is 34.9 Å². The number of carbonyl (C=O) groups excluding carboxylic acids is 3. The van der Waals surface area contributed by atoms with Crippen LogP contribution in [-0.2, 0) is 14.2 Å². The van der Waals surface area contributed by atoms with Crippen LogP contribution in [0.25, 0.3) is 0 Å². The molecule has 6 heteroatoms. The molecule has 0 radical (unpaired) electrons. The molecule has 0 amide bonds. The molecule has 0 bridgehead atoms. The van der Waals surface area contributed by atoms with Crippen molar-refractivity contribution < 1.29 is 28.6 Å². The van der Waals surface area contributed by atoms with E-state index in [-0.39, 0.29) is 29.4 Å². The quantitative estimate of drug-likeness (QED) is 0.0566. The Labute approximate surface area is 263 Å². The molecule has 0 saturated carbocycles. The lowest BCUT2D eigenvalue weighted by molar-refractivity contribution is 0.0254. The molecule has 0 aromatic heterocycles. The van der Waals surface area contributed by atoms with Gasteiger partial charge < -0.3 is 14.2 Å². The average Bonchev–Trinajstić information content (AvgIpc) is 3.01. The van der Waals surface area contributed by atoms with Gasteiger partial charge in [-0.15, -0.1) is 0 Å². The van der Waals surface area contributed by atoms with Gasteiger partial charge in [0.1, 0.15) is 6.10 Å². The zero-order valence-corrected chi connectivity index (χ0v) is 28.0. The molecule has 0 aliphatic heterocycles. The fourth-order valence-corrected chi connectivity index (χ4v) is 5.21. The van der Waals surface area contributed by atoms with Crippen LogP contribution in [0, 0.1) is 0 Å². The molecule has 0 fully saturated rings. The number of hydrogen-bond acceptors (Lipinski definition) is 6. The number of unbranched alkanes of at least 4 members (excludes halogenated alkanes) is 15. The van der Waals surface area contributed by atoms with Crippen molar-refractivity contribution in [2.75, 3.05) is 13.2 Å². The predicted octanol–water partition coefficient (Wildman–Crippen LogP) is 10.8. The standard InChI is InChI=1S/C37H62O6/c1-5-9-12-14-16-18-20-22-28-41-36(39)33-27-26-31(35(38)43-32(24-8-4)25-11-7-3)30-34(33)37(40)42-29-23-21-19-17-15-13-10-6-2/h26-27,30,32H,5-25,28-29H2,1-4H3. The Kier molecular flexibility index (Phi) is 23.4. The number of rotatable bonds is 27. The van der Waals surface area contributed by atoms with Crippen molar-refractivity contribution in [3.63, 3.8) is 0 Å². The molecule has 1 rings (SSSR count). The van der Waals surface area contributed by atoms with Gasteiger partial charge in [-0.25, -0.2) is 14.4 Å². The molecule has 1 atom stereocenters. The second-order valence-electron chi connectivity index (χ2n) is 11.9. The number of esters is 3. The van der Waals surface area contributed by atoms with E-state index < -0.39 is 17.9 Å². The third kappa shape index (κ3) is 18.1. The SMILES string of the molecule is CCCCCCCCCCOC(=O)c1ccc(C(=O)OC(CCC)CCCC)cc1C(=O)OCCCCCCCCCC. The van der Waals surface area contributed by atoms with Crippen molar-refractivity contribution >= 4 is 17.9 Å². The maximum atomic E-state index is 13.2. The zero-order chi connectivity index (χ0) is 31.5. The van der Waals surface area contributed by atoms with Crippen LogP contribution in [0.2, 0.25) is 0 Å². The van der Waals surface area contributed by atoms with E-state index in [0.29, 0.717) is 6.61 Å². The van der Waals surface area contributed by atoms with Crippen molar-refractivity contribution in [2.24, 2.45) is 0 Å². The van der Waals surface area contributed by atoms with E-state index in [0.717, 1.165) is 70.6 Å². The molecule has 1 aromatic carbocycles. The van der Waals surface area contributed by atoms with Gasteiger partial charge in [0, 0.05) is 0 Å². The van der Waals surface area contributed by atoms with Crippen LogP contribution >= 0.6 is 0 Å². The van der Waals surface area contributed by atoms with E-state index in [1.165, 1.54) is 76.3 Å². The van der Waals surface area contributed by atoms with Gasteiger partial charge in [0.05, 0.1) is 29.9 Å². The van der Waals surface area contributed by atoms with Gasteiger partial charge in [0.25, 0.3) is 0 Å². The number of benzene rings is 1. The van der Waals surface area contributed by atoms with Crippen LogP contribution in [0.3, 0.4) is 0 Å². The van der Waals surface area contributed by atoms with E-state index in [1.54, 1.807) is 6.07 Å². The van der Waals surface area contributed by atoms with Gasteiger partial charge in [-0.2, -0.15) is 0 Å². The Morgan fingerprint density at radius 3 is 1.47 bits per heavy atom. The van der Waals surface area contributed by atoms with E-state index in [4.69, 9.17) is 14.2 Å². The van der Waals surface area contributed by atoms with Crippen LogP contribution in [0.4, 0.5) is 0 Å². The molecule has 1 aromatic rings.